The third-order valence-electron chi connectivity index (χ3n) is 4.60. The Morgan fingerprint density at radius 2 is 1.82 bits per heavy atom. The minimum Gasteiger partial charge on any atom is -0.494 e. The first-order chi connectivity index (χ1) is 13.4. The van der Waals surface area contributed by atoms with Crippen LogP contribution in [0.1, 0.15) is 17.4 Å². The van der Waals surface area contributed by atoms with E-state index in [0.717, 1.165) is 10.4 Å². The lowest BCUT2D eigenvalue weighted by molar-refractivity contribution is -0.127. The molecule has 8 heteroatoms. The van der Waals surface area contributed by atoms with Gasteiger partial charge in [0, 0.05) is 37.1 Å². The summed E-state index contributed by atoms with van der Waals surface area (Å²) in [5.74, 6) is 0.551. The van der Waals surface area contributed by atoms with Gasteiger partial charge in [0.25, 0.3) is 0 Å². The minimum atomic E-state index is -3.57. The second-order valence-electron chi connectivity index (χ2n) is 6.43. The summed E-state index contributed by atoms with van der Waals surface area (Å²) in [6.45, 7) is 5.74. The number of hydrogen-bond donors (Lipinski definition) is 0. The molecule has 1 aromatic heterocycles. The van der Waals surface area contributed by atoms with E-state index in [-0.39, 0.29) is 23.9 Å². The van der Waals surface area contributed by atoms with Crippen LogP contribution in [-0.2, 0) is 14.8 Å². The molecule has 3 rings (SSSR count). The van der Waals surface area contributed by atoms with Gasteiger partial charge in [-0.25, -0.2) is 8.42 Å². The SMILES string of the molecule is CCOc1ccc(S(=O)(=O)N2CCN(C(=O)/C=C/c3sccc3C)CC2)cc1. The van der Waals surface area contributed by atoms with Crippen molar-refractivity contribution in [1.82, 2.24) is 9.21 Å². The Hall–Kier alpha value is -2.16. The molecule has 2 aromatic rings. The van der Waals surface area contributed by atoms with Crippen molar-refractivity contribution in [2.45, 2.75) is 18.7 Å². The van der Waals surface area contributed by atoms with E-state index in [0.29, 0.717) is 25.4 Å². The highest BCUT2D eigenvalue weighted by Crippen LogP contribution is 2.21. The van der Waals surface area contributed by atoms with Gasteiger partial charge in [0.2, 0.25) is 15.9 Å². The predicted molar refractivity (Wildman–Crippen MR) is 111 cm³/mol. The van der Waals surface area contributed by atoms with Gasteiger partial charge < -0.3 is 9.64 Å². The summed E-state index contributed by atoms with van der Waals surface area (Å²) in [6, 6.07) is 8.45. The molecular weight excluding hydrogens is 396 g/mol. The van der Waals surface area contributed by atoms with E-state index >= 15 is 0 Å². The molecular formula is C20H24N2O4S2. The molecule has 1 saturated heterocycles. The Labute approximate surface area is 170 Å². The van der Waals surface area contributed by atoms with Gasteiger partial charge in [0.05, 0.1) is 11.5 Å². The van der Waals surface area contributed by atoms with Gasteiger partial charge in [-0.1, -0.05) is 0 Å². The second-order valence-corrected chi connectivity index (χ2v) is 9.32. The number of carbonyl (C=O) groups excluding carboxylic acids is 1. The molecule has 6 nitrogen and oxygen atoms in total. The Bertz CT molecular complexity index is 941. The normalized spacial score (nSPS) is 15.9. The number of hydrogen-bond acceptors (Lipinski definition) is 5. The molecule has 28 heavy (non-hydrogen) atoms. The molecule has 1 aliphatic rings. The van der Waals surface area contributed by atoms with Gasteiger partial charge in [-0.2, -0.15) is 4.31 Å². The lowest BCUT2D eigenvalue weighted by Gasteiger charge is -2.33. The molecule has 0 spiro atoms. The topological polar surface area (TPSA) is 66.9 Å². The lowest BCUT2D eigenvalue weighted by atomic mass is 10.2. The fourth-order valence-corrected chi connectivity index (χ4v) is 5.22. The molecule has 1 aliphatic heterocycles. The van der Waals surface area contributed by atoms with Crippen LogP contribution in [0.25, 0.3) is 6.08 Å². The van der Waals surface area contributed by atoms with Crippen molar-refractivity contribution in [3.63, 3.8) is 0 Å². The van der Waals surface area contributed by atoms with E-state index < -0.39 is 10.0 Å². The highest BCUT2D eigenvalue weighted by atomic mass is 32.2. The van der Waals surface area contributed by atoms with E-state index in [1.807, 2.05) is 31.4 Å². The Balaban J connectivity index is 1.60. The Morgan fingerprint density at radius 3 is 2.39 bits per heavy atom. The first-order valence-electron chi connectivity index (χ1n) is 9.16. The average Bonchev–Trinajstić information content (AvgIpc) is 3.12. The maximum atomic E-state index is 12.8. The number of benzene rings is 1. The van der Waals surface area contributed by atoms with Crippen LogP contribution in [0.15, 0.2) is 46.7 Å². The van der Waals surface area contributed by atoms with Gasteiger partial charge in [-0.05, 0) is 61.2 Å². The van der Waals surface area contributed by atoms with Gasteiger partial charge in [-0.3, -0.25) is 4.79 Å². The molecule has 0 radical (unpaired) electrons. The van der Waals surface area contributed by atoms with Crippen LogP contribution in [0, 0.1) is 6.92 Å². The maximum Gasteiger partial charge on any atom is 0.246 e. The number of ether oxygens (including phenoxy) is 1. The van der Waals surface area contributed by atoms with Crippen molar-refractivity contribution in [3.8, 4) is 5.75 Å². The summed E-state index contributed by atoms with van der Waals surface area (Å²) >= 11 is 1.59. The number of sulfonamides is 1. The quantitative estimate of drug-likeness (QED) is 0.674. The van der Waals surface area contributed by atoms with Crippen molar-refractivity contribution < 1.29 is 17.9 Å². The van der Waals surface area contributed by atoms with E-state index in [2.05, 4.69) is 0 Å². The molecule has 0 atom stereocenters. The summed E-state index contributed by atoms with van der Waals surface area (Å²) in [5, 5.41) is 1.99. The van der Waals surface area contributed by atoms with Crippen LogP contribution in [0.4, 0.5) is 0 Å². The number of aryl methyl sites for hydroxylation is 1. The number of piperazine rings is 1. The van der Waals surface area contributed by atoms with Crippen molar-refractivity contribution in [1.29, 1.82) is 0 Å². The fraction of sp³-hybridized carbons (Fsp3) is 0.350. The fourth-order valence-electron chi connectivity index (χ4n) is 2.98. The van der Waals surface area contributed by atoms with E-state index in [9.17, 15) is 13.2 Å². The largest absolute Gasteiger partial charge is 0.494 e. The number of amides is 1. The molecule has 1 fully saturated rings. The maximum absolute atomic E-state index is 12.8. The monoisotopic (exact) mass is 420 g/mol. The Kier molecular flexibility index (Phi) is 6.53. The van der Waals surface area contributed by atoms with Gasteiger partial charge in [-0.15, -0.1) is 11.3 Å². The summed E-state index contributed by atoms with van der Waals surface area (Å²) in [6.07, 6.45) is 3.39. The van der Waals surface area contributed by atoms with Crippen LogP contribution in [0.3, 0.4) is 0 Å². The molecule has 2 heterocycles. The van der Waals surface area contributed by atoms with Crippen molar-refractivity contribution in [3.05, 3.63) is 52.2 Å². The molecule has 1 aromatic carbocycles. The smallest absolute Gasteiger partial charge is 0.246 e. The zero-order chi connectivity index (χ0) is 20.1. The third kappa shape index (κ3) is 4.63. The molecule has 0 bridgehead atoms. The zero-order valence-electron chi connectivity index (χ0n) is 16.0. The Morgan fingerprint density at radius 1 is 1.14 bits per heavy atom. The first kappa shape index (κ1) is 20.6. The van der Waals surface area contributed by atoms with Crippen molar-refractivity contribution in [2.75, 3.05) is 32.8 Å². The van der Waals surface area contributed by atoms with Crippen molar-refractivity contribution >= 4 is 33.3 Å². The standard InChI is InChI=1S/C20H24N2O4S2/c1-3-26-17-4-6-18(7-5-17)28(24,25)22-13-11-21(12-14-22)20(23)9-8-19-16(2)10-15-27-19/h4-10,15H,3,11-14H2,1-2H3/b9-8+. The summed E-state index contributed by atoms with van der Waals surface area (Å²) in [7, 11) is -3.57. The number of carbonyl (C=O) groups is 1. The van der Waals surface area contributed by atoms with E-state index in [1.165, 1.54) is 4.31 Å². The zero-order valence-corrected chi connectivity index (χ0v) is 17.6. The molecule has 0 N–H and O–H groups in total. The summed E-state index contributed by atoms with van der Waals surface area (Å²) in [4.78, 5) is 15.4. The molecule has 1 amide bonds. The van der Waals surface area contributed by atoms with E-state index in [1.54, 1.807) is 46.6 Å². The summed E-state index contributed by atoms with van der Waals surface area (Å²) in [5.41, 5.74) is 1.14. The van der Waals surface area contributed by atoms with Gasteiger partial charge in [0.1, 0.15) is 5.75 Å². The van der Waals surface area contributed by atoms with Crippen LogP contribution in [0.2, 0.25) is 0 Å². The highest BCUT2D eigenvalue weighted by molar-refractivity contribution is 7.89. The number of thiophene rings is 1. The predicted octanol–water partition coefficient (Wildman–Crippen LogP) is 3.00. The van der Waals surface area contributed by atoms with E-state index in [4.69, 9.17) is 4.74 Å². The molecule has 150 valence electrons. The molecule has 0 unspecified atom stereocenters. The highest BCUT2D eigenvalue weighted by Gasteiger charge is 2.29. The van der Waals surface area contributed by atoms with Crippen LogP contribution >= 0.6 is 11.3 Å². The van der Waals surface area contributed by atoms with Crippen LogP contribution < -0.4 is 4.74 Å². The molecule has 0 saturated carbocycles. The first-order valence-corrected chi connectivity index (χ1v) is 11.5. The van der Waals surface area contributed by atoms with Crippen LogP contribution in [0.5, 0.6) is 5.75 Å². The van der Waals surface area contributed by atoms with Crippen molar-refractivity contribution in [2.24, 2.45) is 0 Å². The second kappa shape index (κ2) is 8.89. The average molecular weight is 421 g/mol. The van der Waals surface area contributed by atoms with Crippen LogP contribution in [-0.4, -0.2) is 56.3 Å². The number of rotatable bonds is 6. The lowest BCUT2D eigenvalue weighted by Crippen LogP contribution is -2.50. The van der Waals surface area contributed by atoms with Gasteiger partial charge in [0.15, 0.2) is 0 Å². The summed E-state index contributed by atoms with van der Waals surface area (Å²) < 4.78 is 32.4. The number of nitrogens with zero attached hydrogens (tertiary/aromatic N) is 2. The minimum absolute atomic E-state index is 0.0917. The molecule has 0 aliphatic carbocycles. The van der Waals surface area contributed by atoms with Gasteiger partial charge >= 0.3 is 0 Å². The third-order valence-corrected chi connectivity index (χ3v) is 7.50.